The Kier molecular flexibility index (Phi) is 9.20. The Hall–Kier alpha value is -5.05. The molecule has 3 aromatic rings. The van der Waals surface area contributed by atoms with Gasteiger partial charge in [-0.25, -0.2) is 0 Å². The van der Waals surface area contributed by atoms with Gasteiger partial charge in [-0.3, -0.25) is 0 Å². The molecule has 62 heavy (non-hydrogen) atoms. The van der Waals surface area contributed by atoms with E-state index in [0.29, 0.717) is 29.2 Å². The van der Waals surface area contributed by atoms with Crippen molar-refractivity contribution in [1.82, 2.24) is 4.90 Å². The molecule has 0 bridgehead atoms. The first-order chi connectivity index (χ1) is 30.2. The third kappa shape index (κ3) is 6.10. The van der Waals surface area contributed by atoms with Gasteiger partial charge in [-0.15, -0.1) is 11.8 Å². The minimum Gasteiger partial charge on any atom is -0.361 e. The van der Waals surface area contributed by atoms with E-state index in [2.05, 4.69) is 190 Å². The zero-order valence-electron chi connectivity index (χ0n) is 37.0. The maximum Gasteiger partial charge on any atom is 0.0517 e. The van der Waals surface area contributed by atoms with Crippen molar-refractivity contribution in [3.63, 3.8) is 0 Å². The zero-order chi connectivity index (χ0) is 41.7. The second kappa shape index (κ2) is 14.8. The quantitative estimate of drug-likeness (QED) is 0.244. The van der Waals surface area contributed by atoms with E-state index in [9.17, 15) is 0 Å². The summed E-state index contributed by atoms with van der Waals surface area (Å²) in [4.78, 5) is 4.32. The number of fused-ring (bicyclic) bond motifs is 6. The van der Waals surface area contributed by atoms with Gasteiger partial charge in [0.1, 0.15) is 0 Å². The Bertz CT molecular complexity index is 2760. The lowest BCUT2D eigenvalue weighted by Crippen LogP contribution is -2.43. The van der Waals surface area contributed by atoms with E-state index in [1.807, 2.05) is 0 Å². The summed E-state index contributed by atoms with van der Waals surface area (Å²) in [6.45, 7) is 9.77. The topological polar surface area (TPSA) is 3.24 Å². The molecule has 1 nitrogen and oxygen atoms in total. The molecule has 0 radical (unpaired) electrons. The Labute approximate surface area is 374 Å². The molecule has 5 unspecified atom stereocenters. The van der Waals surface area contributed by atoms with E-state index in [-0.39, 0.29) is 10.8 Å². The van der Waals surface area contributed by atoms with Crippen LogP contribution in [0.15, 0.2) is 195 Å². The molecule has 3 aromatic carbocycles. The standard InChI is InChI=1S/C60H59NS/c1-59(2)53-17-9-6-13-48(53)51-36-42(28-35-54(51)59)40-22-20-38(21-23-40)39-24-29-43(30-25-39)61(45-33-34-49-47-12-5-8-16-52(47)60(3,4)55(49)37-45)44-31-26-41(27-32-44)46-15-11-19-57-58(46)50-14-7-10-18-56(50)62-57/h5-8,10,12-16,18,20-26,28-29,31,33-35,42-43,45,57-58H,9,11,17,19,27,30,32,36-37H2,1-4H3. The van der Waals surface area contributed by atoms with Gasteiger partial charge < -0.3 is 4.90 Å². The van der Waals surface area contributed by atoms with Crippen molar-refractivity contribution >= 4 is 22.9 Å². The fourth-order valence-electron chi connectivity index (χ4n) is 13.1. The van der Waals surface area contributed by atoms with Crippen LogP contribution in [-0.4, -0.2) is 22.2 Å². The SMILES string of the molecule is CC1(C)C2=C(CC(c3ccc(C4=CCC(N(C5=CC=C(C6=CCCC7Sc8ccccc8C67)CC5)C5C=CC6=C(C5)C(C)(C)c5ccccc56)C=C4)cc3)C=C2)C2=C1CCC=C2. The Morgan fingerprint density at radius 1 is 0.677 bits per heavy atom. The fourth-order valence-corrected chi connectivity index (χ4v) is 14.6. The van der Waals surface area contributed by atoms with E-state index in [1.54, 1.807) is 39.0 Å². The lowest BCUT2D eigenvalue weighted by Gasteiger charge is -2.43. The summed E-state index contributed by atoms with van der Waals surface area (Å²) < 4.78 is 0. The van der Waals surface area contributed by atoms with E-state index in [0.717, 1.165) is 32.1 Å². The second-order valence-corrected chi connectivity index (χ2v) is 21.6. The van der Waals surface area contributed by atoms with Crippen LogP contribution in [0.2, 0.25) is 0 Å². The maximum absolute atomic E-state index is 2.82. The highest BCUT2D eigenvalue weighted by atomic mass is 32.2. The summed E-state index contributed by atoms with van der Waals surface area (Å²) in [5, 5.41) is 0.670. The van der Waals surface area contributed by atoms with Crippen LogP contribution in [-0.2, 0) is 5.41 Å². The number of thioether (sulfide) groups is 1. The molecule has 2 heteroatoms. The molecule has 9 aliphatic rings. The summed E-state index contributed by atoms with van der Waals surface area (Å²) in [7, 11) is 0. The molecule has 1 aliphatic heterocycles. The molecule has 8 aliphatic carbocycles. The maximum atomic E-state index is 2.82. The van der Waals surface area contributed by atoms with Gasteiger partial charge in [0.25, 0.3) is 0 Å². The van der Waals surface area contributed by atoms with E-state index in [1.165, 1.54) is 75.2 Å². The van der Waals surface area contributed by atoms with E-state index >= 15 is 0 Å². The predicted molar refractivity (Wildman–Crippen MR) is 262 cm³/mol. The molecule has 0 N–H and O–H groups in total. The molecular formula is C60H59NS. The molecule has 5 atom stereocenters. The highest BCUT2D eigenvalue weighted by Gasteiger charge is 2.43. The van der Waals surface area contributed by atoms with Crippen LogP contribution in [0.5, 0.6) is 0 Å². The van der Waals surface area contributed by atoms with Crippen LogP contribution in [0.25, 0.3) is 11.1 Å². The third-order valence-electron chi connectivity index (χ3n) is 16.4. The molecule has 12 rings (SSSR count). The second-order valence-electron chi connectivity index (χ2n) is 20.3. The molecule has 0 saturated carbocycles. The number of benzene rings is 3. The lowest BCUT2D eigenvalue weighted by atomic mass is 9.75. The molecule has 0 spiro atoms. The highest BCUT2D eigenvalue weighted by Crippen LogP contribution is 2.57. The Morgan fingerprint density at radius 2 is 1.52 bits per heavy atom. The van der Waals surface area contributed by atoms with Gasteiger partial charge in [0, 0.05) is 38.5 Å². The first kappa shape index (κ1) is 38.6. The zero-order valence-corrected chi connectivity index (χ0v) is 37.8. The smallest absolute Gasteiger partial charge is 0.0517 e. The van der Waals surface area contributed by atoms with Crippen LogP contribution in [0.1, 0.15) is 125 Å². The molecule has 1 heterocycles. The number of nitrogens with zero attached hydrogens (tertiary/aromatic N) is 1. The average molecular weight is 826 g/mol. The molecule has 0 amide bonds. The Morgan fingerprint density at radius 3 is 2.35 bits per heavy atom. The molecule has 310 valence electrons. The molecule has 0 saturated heterocycles. The third-order valence-corrected chi connectivity index (χ3v) is 17.8. The predicted octanol–water partition coefficient (Wildman–Crippen LogP) is 15.4. The van der Waals surface area contributed by atoms with Gasteiger partial charge in [0.05, 0.1) is 12.1 Å². The van der Waals surface area contributed by atoms with Crippen molar-refractivity contribution in [2.24, 2.45) is 5.41 Å². The van der Waals surface area contributed by atoms with Crippen LogP contribution >= 0.6 is 11.8 Å². The summed E-state index contributed by atoms with van der Waals surface area (Å²) in [6.07, 6.45) is 40.1. The van der Waals surface area contributed by atoms with Crippen molar-refractivity contribution in [2.75, 3.05) is 0 Å². The summed E-state index contributed by atoms with van der Waals surface area (Å²) in [5.74, 6) is 0.955. The van der Waals surface area contributed by atoms with Gasteiger partial charge in [-0.1, -0.05) is 167 Å². The molecule has 0 aromatic heterocycles. The van der Waals surface area contributed by atoms with Crippen molar-refractivity contribution < 1.29 is 0 Å². The minimum absolute atomic E-state index is 0.0311. The fraction of sp³-hybridized carbons (Fsp3) is 0.333. The van der Waals surface area contributed by atoms with Crippen molar-refractivity contribution in [2.45, 2.75) is 125 Å². The van der Waals surface area contributed by atoms with Gasteiger partial charge in [0.2, 0.25) is 0 Å². The normalized spacial score (nSPS) is 28.4. The van der Waals surface area contributed by atoms with Gasteiger partial charge in [0.15, 0.2) is 0 Å². The van der Waals surface area contributed by atoms with Crippen molar-refractivity contribution in [1.29, 1.82) is 0 Å². The number of rotatable bonds is 6. The largest absolute Gasteiger partial charge is 0.361 e. The van der Waals surface area contributed by atoms with Gasteiger partial charge in [-0.2, -0.15) is 0 Å². The van der Waals surface area contributed by atoms with Gasteiger partial charge in [-0.05, 0) is 142 Å². The summed E-state index contributed by atoms with van der Waals surface area (Å²) in [6, 6.07) is 28.5. The lowest BCUT2D eigenvalue weighted by molar-refractivity contribution is 0.231. The van der Waals surface area contributed by atoms with Crippen LogP contribution in [0.3, 0.4) is 0 Å². The number of allylic oxidation sites excluding steroid dienone is 18. The number of hydrogen-bond acceptors (Lipinski definition) is 2. The van der Waals surface area contributed by atoms with Crippen molar-refractivity contribution in [3.8, 4) is 0 Å². The Balaban J connectivity index is 0.812. The number of hydrogen-bond donors (Lipinski definition) is 0. The van der Waals surface area contributed by atoms with Crippen LogP contribution in [0, 0.1) is 5.41 Å². The van der Waals surface area contributed by atoms with Gasteiger partial charge >= 0.3 is 0 Å². The van der Waals surface area contributed by atoms with Crippen LogP contribution in [0.4, 0.5) is 0 Å². The first-order valence-corrected chi connectivity index (χ1v) is 24.6. The molecular weight excluding hydrogens is 767 g/mol. The van der Waals surface area contributed by atoms with E-state index < -0.39 is 0 Å². The van der Waals surface area contributed by atoms with Crippen LogP contribution < -0.4 is 0 Å². The first-order valence-electron chi connectivity index (χ1n) is 23.7. The average Bonchev–Trinajstić information content (AvgIpc) is 3.89. The van der Waals surface area contributed by atoms with E-state index in [4.69, 9.17) is 0 Å². The molecule has 0 fully saturated rings. The van der Waals surface area contributed by atoms with Crippen molar-refractivity contribution in [3.05, 3.63) is 218 Å². The summed E-state index contributed by atoms with van der Waals surface area (Å²) >= 11 is 2.12. The monoisotopic (exact) mass is 825 g/mol. The summed E-state index contributed by atoms with van der Waals surface area (Å²) in [5.41, 5.74) is 22.8. The highest BCUT2D eigenvalue weighted by molar-refractivity contribution is 8.00. The minimum atomic E-state index is 0.0311.